The molecule has 0 radical (unpaired) electrons. The summed E-state index contributed by atoms with van der Waals surface area (Å²) in [6.45, 7) is 5.94. The Labute approximate surface area is 162 Å². The maximum absolute atomic E-state index is 12.7. The molecule has 3 rings (SSSR count). The van der Waals surface area contributed by atoms with Crippen molar-refractivity contribution in [3.8, 4) is 5.69 Å². The molecule has 0 saturated heterocycles. The molecule has 2 aromatic rings. The topological polar surface area (TPSA) is 93.5 Å². The van der Waals surface area contributed by atoms with Gasteiger partial charge in [0, 0.05) is 29.7 Å². The molecule has 2 atom stereocenters. The van der Waals surface area contributed by atoms with E-state index in [1.54, 1.807) is 44.3 Å². The molecule has 1 aliphatic carbocycles. The fraction of sp³-hybridized carbons (Fsp3) is 0.421. The summed E-state index contributed by atoms with van der Waals surface area (Å²) in [6.07, 6.45) is 2.94. The van der Waals surface area contributed by atoms with Gasteiger partial charge in [0.1, 0.15) is 5.54 Å². The highest BCUT2D eigenvalue weighted by molar-refractivity contribution is 6.30. The molecule has 7 nitrogen and oxygen atoms in total. The Kier molecular flexibility index (Phi) is 5.01. The third-order valence-corrected chi connectivity index (χ3v) is 5.61. The predicted octanol–water partition coefficient (Wildman–Crippen LogP) is 2.91. The first-order valence-corrected chi connectivity index (χ1v) is 9.07. The number of amides is 1. The number of rotatable bonds is 6. The highest BCUT2D eigenvalue weighted by atomic mass is 35.5. The van der Waals surface area contributed by atoms with Gasteiger partial charge >= 0.3 is 5.97 Å². The van der Waals surface area contributed by atoms with Gasteiger partial charge in [0.05, 0.1) is 23.6 Å². The van der Waals surface area contributed by atoms with Crippen molar-refractivity contribution in [2.45, 2.75) is 38.8 Å². The average Bonchev–Trinajstić information content (AvgIpc) is 3.10. The van der Waals surface area contributed by atoms with Crippen LogP contribution in [0.5, 0.6) is 0 Å². The fourth-order valence-corrected chi connectivity index (χ4v) is 3.69. The van der Waals surface area contributed by atoms with Crippen LogP contribution in [0.1, 0.15) is 37.6 Å². The van der Waals surface area contributed by atoms with Crippen molar-refractivity contribution in [2.75, 3.05) is 6.61 Å². The van der Waals surface area contributed by atoms with Crippen LogP contribution in [0, 0.1) is 5.41 Å². The number of carboxylic acid groups (broad SMARTS) is 1. The Balaban J connectivity index is 1.81. The van der Waals surface area contributed by atoms with E-state index in [4.69, 9.17) is 16.3 Å². The van der Waals surface area contributed by atoms with E-state index in [0.717, 1.165) is 0 Å². The number of hydrogen-bond acceptors (Lipinski definition) is 4. The van der Waals surface area contributed by atoms with Crippen LogP contribution < -0.4 is 5.32 Å². The third-order valence-electron chi connectivity index (χ3n) is 5.37. The summed E-state index contributed by atoms with van der Waals surface area (Å²) in [4.78, 5) is 24.7. The lowest BCUT2D eigenvalue weighted by atomic mass is 9.54. The average molecular weight is 392 g/mol. The molecular formula is C19H22ClN3O4. The number of benzene rings is 1. The van der Waals surface area contributed by atoms with Gasteiger partial charge in [-0.15, -0.1) is 0 Å². The van der Waals surface area contributed by atoms with Gasteiger partial charge in [0.25, 0.3) is 5.91 Å². The van der Waals surface area contributed by atoms with Gasteiger partial charge in [0.15, 0.2) is 0 Å². The van der Waals surface area contributed by atoms with Crippen LogP contribution in [0.25, 0.3) is 5.69 Å². The minimum Gasteiger partial charge on any atom is -0.479 e. The number of carbonyl (C=O) groups excluding carboxylic acids is 1. The van der Waals surface area contributed by atoms with Gasteiger partial charge in [-0.1, -0.05) is 31.5 Å². The van der Waals surface area contributed by atoms with Crippen LogP contribution in [-0.2, 0) is 9.53 Å². The molecule has 27 heavy (non-hydrogen) atoms. The van der Waals surface area contributed by atoms with E-state index in [9.17, 15) is 14.7 Å². The van der Waals surface area contributed by atoms with Crippen LogP contribution in [0.4, 0.5) is 0 Å². The van der Waals surface area contributed by atoms with Crippen molar-refractivity contribution in [1.82, 2.24) is 15.1 Å². The first kappa shape index (κ1) is 19.4. The second kappa shape index (κ2) is 6.98. The zero-order valence-electron chi connectivity index (χ0n) is 15.4. The lowest BCUT2D eigenvalue weighted by Crippen LogP contribution is -2.76. The molecular weight excluding hydrogens is 370 g/mol. The Hall–Kier alpha value is -2.38. The zero-order valence-corrected chi connectivity index (χ0v) is 16.2. The first-order chi connectivity index (χ1) is 12.7. The third kappa shape index (κ3) is 3.21. The van der Waals surface area contributed by atoms with Crippen molar-refractivity contribution in [2.24, 2.45) is 5.41 Å². The summed E-state index contributed by atoms with van der Waals surface area (Å²) in [6, 6.07) is 7.05. The number of aliphatic carboxylic acids is 1. The van der Waals surface area contributed by atoms with E-state index in [1.165, 1.54) is 10.9 Å². The van der Waals surface area contributed by atoms with Crippen molar-refractivity contribution < 1.29 is 19.4 Å². The van der Waals surface area contributed by atoms with Crippen LogP contribution >= 0.6 is 11.6 Å². The van der Waals surface area contributed by atoms with Gasteiger partial charge in [-0.2, -0.15) is 5.10 Å². The molecule has 1 saturated carbocycles. The number of aromatic nitrogens is 2. The minimum atomic E-state index is -1.39. The molecule has 1 fully saturated rings. The molecule has 0 bridgehead atoms. The summed E-state index contributed by atoms with van der Waals surface area (Å²) in [5.41, 5.74) is -1.16. The molecule has 1 heterocycles. The number of ether oxygens (including phenoxy) is 1. The molecule has 0 aliphatic heterocycles. The summed E-state index contributed by atoms with van der Waals surface area (Å²) in [5.74, 6) is -1.56. The largest absolute Gasteiger partial charge is 0.479 e. The smallest absolute Gasteiger partial charge is 0.330 e. The zero-order chi connectivity index (χ0) is 19.8. The molecule has 1 aromatic heterocycles. The predicted molar refractivity (Wildman–Crippen MR) is 100 cm³/mol. The monoisotopic (exact) mass is 391 g/mol. The number of carbonyl (C=O) groups is 2. The summed E-state index contributed by atoms with van der Waals surface area (Å²) >= 11 is 5.99. The quantitative estimate of drug-likeness (QED) is 0.789. The first-order valence-electron chi connectivity index (χ1n) is 8.69. The van der Waals surface area contributed by atoms with Gasteiger partial charge in [-0.25, -0.2) is 9.48 Å². The molecule has 8 heteroatoms. The van der Waals surface area contributed by atoms with Crippen LogP contribution in [0.3, 0.4) is 0 Å². The molecule has 1 aliphatic rings. The summed E-state index contributed by atoms with van der Waals surface area (Å²) in [5, 5.41) is 17.2. The highest BCUT2D eigenvalue weighted by Crippen LogP contribution is 2.51. The van der Waals surface area contributed by atoms with E-state index in [2.05, 4.69) is 10.4 Å². The number of carboxylic acids is 1. The van der Waals surface area contributed by atoms with E-state index >= 15 is 0 Å². The molecule has 2 N–H and O–H groups in total. The van der Waals surface area contributed by atoms with Gasteiger partial charge < -0.3 is 15.2 Å². The number of nitrogens with zero attached hydrogens (tertiary/aromatic N) is 2. The normalized spacial score (nSPS) is 23.5. The van der Waals surface area contributed by atoms with Gasteiger partial charge in [-0.05, 0) is 25.1 Å². The molecule has 144 valence electrons. The minimum absolute atomic E-state index is 0.220. The van der Waals surface area contributed by atoms with E-state index < -0.39 is 22.8 Å². The van der Waals surface area contributed by atoms with Crippen LogP contribution in [0.15, 0.2) is 36.7 Å². The van der Waals surface area contributed by atoms with Crippen molar-refractivity contribution in [3.05, 3.63) is 47.2 Å². The highest BCUT2D eigenvalue weighted by Gasteiger charge is 2.66. The Morgan fingerprint density at radius 2 is 2.19 bits per heavy atom. The Morgan fingerprint density at radius 3 is 2.78 bits per heavy atom. The second-order valence-corrected chi connectivity index (χ2v) is 7.62. The fourth-order valence-electron chi connectivity index (χ4n) is 3.50. The number of halogens is 1. The number of nitrogens with one attached hydrogen (secondary N) is 1. The van der Waals surface area contributed by atoms with Crippen LogP contribution in [-0.4, -0.2) is 45.0 Å². The van der Waals surface area contributed by atoms with Crippen molar-refractivity contribution >= 4 is 23.5 Å². The van der Waals surface area contributed by atoms with E-state index in [1.807, 2.05) is 6.92 Å². The van der Waals surface area contributed by atoms with Crippen LogP contribution in [0.2, 0.25) is 5.02 Å². The lowest BCUT2D eigenvalue weighted by molar-refractivity contribution is -0.190. The number of hydrogen-bond donors (Lipinski definition) is 2. The van der Waals surface area contributed by atoms with Crippen molar-refractivity contribution in [1.29, 1.82) is 0 Å². The summed E-state index contributed by atoms with van der Waals surface area (Å²) in [7, 11) is 0. The van der Waals surface area contributed by atoms with E-state index in [-0.39, 0.29) is 18.1 Å². The van der Waals surface area contributed by atoms with E-state index in [0.29, 0.717) is 17.3 Å². The lowest BCUT2D eigenvalue weighted by Gasteiger charge is -2.58. The maximum atomic E-state index is 12.7. The Bertz CT molecular complexity index is 879. The standard InChI is InChI=1S/C19H22ClN3O4/c1-4-27-15-9-19(17(25)26,18(15,2)3)22-16(24)12-10-21-23(11-12)14-7-5-6-13(20)8-14/h5-8,10-11,15H,4,9H2,1-3H3,(H,22,24)(H,25,26). The summed E-state index contributed by atoms with van der Waals surface area (Å²) < 4.78 is 7.13. The van der Waals surface area contributed by atoms with Gasteiger partial charge in [-0.3, -0.25) is 4.79 Å². The molecule has 1 amide bonds. The van der Waals surface area contributed by atoms with Crippen molar-refractivity contribution in [3.63, 3.8) is 0 Å². The Morgan fingerprint density at radius 1 is 1.44 bits per heavy atom. The molecule has 2 unspecified atom stereocenters. The van der Waals surface area contributed by atoms with Gasteiger partial charge in [0.2, 0.25) is 0 Å². The maximum Gasteiger partial charge on any atom is 0.330 e. The second-order valence-electron chi connectivity index (χ2n) is 7.19. The molecule has 0 spiro atoms. The SMILES string of the molecule is CCOC1CC(NC(=O)c2cnn(-c3cccc(Cl)c3)c2)(C(=O)O)C1(C)C. The molecule has 1 aromatic carbocycles.